The van der Waals surface area contributed by atoms with Crippen molar-refractivity contribution in [1.82, 2.24) is 15.0 Å². The predicted molar refractivity (Wildman–Crippen MR) is 134 cm³/mol. The molecule has 1 amide bonds. The number of methoxy groups -OCH3 is 1. The van der Waals surface area contributed by atoms with Crippen LogP contribution in [0.15, 0.2) is 83.1 Å². The monoisotopic (exact) mass is 458 g/mol. The van der Waals surface area contributed by atoms with Gasteiger partial charge in [0.2, 0.25) is 0 Å². The number of hydrazone groups is 1. The van der Waals surface area contributed by atoms with E-state index in [1.165, 1.54) is 22.9 Å². The molecular formula is C26H26N4O2S. The minimum Gasteiger partial charge on any atom is -0.497 e. The lowest BCUT2D eigenvalue weighted by Gasteiger charge is -2.09. The summed E-state index contributed by atoms with van der Waals surface area (Å²) in [5.41, 5.74) is 8.63. The van der Waals surface area contributed by atoms with Crippen LogP contribution in [0.2, 0.25) is 0 Å². The Morgan fingerprint density at radius 1 is 1.09 bits per heavy atom. The summed E-state index contributed by atoms with van der Waals surface area (Å²) in [7, 11) is 1.62. The minimum absolute atomic E-state index is 0.184. The third kappa shape index (κ3) is 5.62. The highest BCUT2D eigenvalue weighted by molar-refractivity contribution is 7.99. The lowest BCUT2D eigenvalue weighted by Crippen LogP contribution is -2.21. The smallest absolute Gasteiger partial charge is 0.250 e. The van der Waals surface area contributed by atoms with Crippen molar-refractivity contribution in [2.75, 3.05) is 12.9 Å². The van der Waals surface area contributed by atoms with Crippen LogP contribution in [0.25, 0.3) is 11.0 Å². The molecule has 4 aromatic rings. The Kier molecular flexibility index (Phi) is 7.10. The van der Waals surface area contributed by atoms with Crippen molar-refractivity contribution in [3.8, 4) is 5.75 Å². The lowest BCUT2D eigenvalue weighted by molar-refractivity contribution is -0.118. The highest BCUT2D eigenvalue weighted by Crippen LogP contribution is 2.25. The molecule has 0 spiro atoms. The van der Waals surface area contributed by atoms with Crippen LogP contribution in [0, 0.1) is 6.92 Å². The van der Waals surface area contributed by atoms with Gasteiger partial charge in [-0.3, -0.25) is 4.79 Å². The second kappa shape index (κ2) is 10.4. The van der Waals surface area contributed by atoms with Gasteiger partial charge < -0.3 is 9.30 Å². The Morgan fingerprint density at radius 3 is 2.67 bits per heavy atom. The molecule has 168 valence electrons. The number of benzene rings is 3. The summed E-state index contributed by atoms with van der Waals surface area (Å²) in [6, 6.07) is 24.1. The molecule has 4 rings (SSSR count). The van der Waals surface area contributed by atoms with E-state index >= 15 is 0 Å². The zero-order valence-corrected chi connectivity index (χ0v) is 19.7. The average Bonchev–Trinajstić information content (AvgIpc) is 3.19. The van der Waals surface area contributed by atoms with Gasteiger partial charge in [-0.2, -0.15) is 5.10 Å². The fourth-order valence-corrected chi connectivity index (χ4v) is 4.22. The minimum atomic E-state index is -0.184. The summed E-state index contributed by atoms with van der Waals surface area (Å²) in [6.07, 6.45) is 0. The molecule has 6 nitrogen and oxygen atoms in total. The summed E-state index contributed by atoms with van der Waals surface area (Å²) in [5.74, 6) is 0.777. The molecule has 0 saturated heterocycles. The summed E-state index contributed by atoms with van der Waals surface area (Å²) < 4.78 is 7.40. The van der Waals surface area contributed by atoms with Gasteiger partial charge in [0, 0.05) is 5.56 Å². The number of thioether (sulfide) groups is 1. The van der Waals surface area contributed by atoms with Gasteiger partial charge in [0.1, 0.15) is 5.75 Å². The summed E-state index contributed by atoms with van der Waals surface area (Å²) in [6.45, 7) is 4.62. The maximum Gasteiger partial charge on any atom is 0.250 e. The molecule has 0 unspecified atom stereocenters. The molecule has 0 radical (unpaired) electrons. The van der Waals surface area contributed by atoms with E-state index in [-0.39, 0.29) is 11.7 Å². The van der Waals surface area contributed by atoms with Gasteiger partial charge in [0.05, 0.1) is 36.2 Å². The van der Waals surface area contributed by atoms with Crippen LogP contribution in [0.5, 0.6) is 5.75 Å². The highest BCUT2D eigenvalue weighted by atomic mass is 32.2. The molecule has 0 aliphatic carbocycles. The molecule has 1 N–H and O–H groups in total. The predicted octanol–water partition coefficient (Wildman–Crippen LogP) is 5.03. The largest absolute Gasteiger partial charge is 0.497 e. The van der Waals surface area contributed by atoms with Crippen molar-refractivity contribution in [1.29, 1.82) is 0 Å². The SMILES string of the molecule is COc1cccc(C(C)=NNC(=O)CSc2nc3ccccc3n2Cc2ccc(C)cc2)c1. The van der Waals surface area contributed by atoms with Crippen LogP contribution >= 0.6 is 11.8 Å². The van der Waals surface area contributed by atoms with Gasteiger partial charge in [0.25, 0.3) is 5.91 Å². The molecule has 0 fully saturated rings. The topological polar surface area (TPSA) is 68.5 Å². The molecule has 0 aliphatic rings. The van der Waals surface area contributed by atoms with E-state index in [1.54, 1.807) is 7.11 Å². The normalized spacial score (nSPS) is 11.5. The maximum absolute atomic E-state index is 12.5. The Morgan fingerprint density at radius 2 is 1.88 bits per heavy atom. The number of rotatable bonds is 8. The van der Waals surface area contributed by atoms with E-state index in [2.05, 4.69) is 52.3 Å². The fraction of sp³-hybridized carbons (Fsp3) is 0.192. The van der Waals surface area contributed by atoms with Gasteiger partial charge in [0.15, 0.2) is 5.16 Å². The second-order valence-corrected chi connectivity index (χ2v) is 8.65. The lowest BCUT2D eigenvalue weighted by atomic mass is 10.1. The molecule has 0 aliphatic heterocycles. The third-order valence-electron chi connectivity index (χ3n) is 5.25. The summed E-state index contributed by atoms with van der Waals surface area (Å²) in [5, 5.41) is 5.05. The number of aromatic nitrogens is 2. The van der Waals surface area contributed by atoms with E-state index in [1.807, 2.05) is 49.4 Å². The van der Waals surface area contributed by atoms with Crippen LogP contribution in [0.3, 0.4) is 0 Å². The quantitative estimate of drug-likeness (QED) is 0.228. The van der Waals surface area contributed by atoms with Gasteiger partial charge in [-0.15, -0.1) is 0 Å². The van der Waals surface area contributed by atoms with Gasteiger partial charge in [-0.25, -0.2) is 10.4 Å². The van der Waals surface area contributed by atoms with Crippen molar-refractivity contribution in [3.05, 3.63) is 89.5 Å². The van der Waals surface area contributed by atoms with E-state index in [9.17, 15) is 4.79 Å². The number of carbonyl (C=O) groups is 1. The Labute approximate surface area is 197 Å². The maximum atomic E-state index is 12.5. The van der Waals surface area contributed by atoms with Crippen LogP contribution < -0.4 is 10.2 Å². The first-order valence-corrected chi connectivity index (χ1v) is 11.6. The molecule has 3 aromatic carbocycles. The first-order valence-electron chi connectivity index (χ1n) is 10.6. The average molecular weight is 459 g/mol. The number of ether oxygens (including phenoxy) is 1. The molecule has 0 atom stereocenters. The number of hydrogen-bond donors (Lipinski definition) is 1. The number of imidazole rings is 1. The first kappa shape index (κ1) is 22.6. The zero-order valence-electron chi connectivity index (χ0n) is 18.9. The van der Waals surface area contributed by atoms with Gasteiger partial charge in [-0.1, -0.05) is 65.9 Å². The number of nitrogens with zero attached hydrogens (tertiary/aromatic N) is 3. The van der Waals surface area contributed by atoms with Crippen molar-refractivity contribution < 1.29 is 9.53 Å². The standard InChI is InChI=1S/C26H26N4O2S/c1-18-11-13-20(14-12-18)16-30-24-10-5-4-9-23(24)27-26(30)33-17-25(31)29-28-19(2)21-7-6-8-22(15-21)32-3/h4-15H,16-17H2,1-3H3,(H,29,31). The van der Waals surface area contributed by atoms with Crippen LogP contribution in [0.4, 0.5) is 0 Å². The molecule has 0 bridgehead atoms. The molecule has 33 heavy (non-hydrogen) atoms. The van der Waals surface area contributed by atoms with Crippen molar-refractivity contribution in [2.24, 2.45) is 5.10 Å². The Hall–Kier alpha value is -3.58. The van der Waals surface area contributed by atoms with Crippen molar-refractivity contribution in [3.63, 3.8) is 0 Å². The molecule has 7 heteroatoms. The second-order valence-electron chi connectivity index (χ2n) is 7.71. The number of nitrogens with one attached hydrogen (secondary N) is 1. The number of para-hydroxylation sites is 2. The Bertz CT molecular complexity index is 1300. The van der Waals surface area contributed by atoms with Gasteiger partial charge in [-0.05, 0) is 43.7 Å². The van der Waals surface area contributed by atoms with Crippen molar-refractivity contribution >= 4 is 34.4 Å². The van der Waals surface area contributed by atoms with E-state index in [4.69, 9.17) is 9.72 Å². The number of carbonyl (C=O) groups excluding carboxylic acids is 1. The van der Waals surface area contributed by atoms with E-state index in [0.29, 0.717) is 12.3 Å². The van der Waals surface area contributed by atoms with E-state index < -0.39 is 0 Å². The first-order chi connectivity index (χ1) is 16.0. The molecule has 0 saturated carbocycles. The summed E-state index contributed by atoms with van der Waals surface area (Å²) in [4.78, 5) is 17.3. The van der Waals surface area contributed by atoms with Crippen LogP contribution in [0.1, 0.15) is 23.6 Å². The molecular weight excluding hydrogens is 432 g/mol. The molecule has 1 aromatic heterocycles. The highest BCUT2D eigenvalue weighted by Gasteiger charge is 2.13. The fourth-order valence-electron chi connectivity index (χ4n) is 3.41. The zero-order chi connectivity index (χ0) is 23.2. The summed E-state index contributed by atoms with van der Waals surface area (Å²) >= 11 is 1.41. The molecule has 1 heterocycles. The number of amides is 1. The third-order valence-corrected chi connectivity index (χ3v) is 6.23. The van der Waals surface area contributed by atoms with Gasteiger partial charge >= 0.3 is 0 Å². The van der Waals surface area contributed by atoms with Crippen LogP contribution in [-0.4, -0.2) is 34.0 Å². The Balaban J connectivity index is 1.46. The number of aryl methyl sites for hydroxylation is 1. The van der Waals surface area contributed by atoms with Crippen molar-refractivity contribution in [2.45, 2.75) is 25.5 Å². The van der Waals surface area contributed by atoms with Crippen LogP contribution in [-0.2, 0) is 11.3 Å². The van der Waals surface area contributed by atoms with E-state index in [0.717, 1.165) is 27.5 Å². The number of hydrogen-bond acceptors (Lipinski definition) is 5. The number of fused-ring (bicyclic) bond motifs is 1.